The molecule has 0 spiro atoms. The van der Waals surface area contributed by atoms with Crippen LogP contribution in [0, 0.1) is 5.92 Å². The van der Waals surface area contributed by atoms with E-state index in [0.717, 1.165) is 24.4 Å². The molecular formula is C16H12BrF3N4OS2. The SMILES string of the molecule is O=C(NCc1nc(-c2cc3c(Br)cccn3c2SC(F)(F)F)ns1)C1CC1. The molecule has 1 aliphatic rings. The van der Waals surface area contributed by atoms with Gasteiger partial charge in [-0.15, -0.1) is 0 Å². The highest BCUT2D eigenvalue weighted by Crippen LogP contribution is 2.43. The zero-order valence-corrected chi connectivity index (χ0v) is 16.8. The Morgan fingerprint density at radius 1 is 1.44 bits per heavy atom. The van der Waals surface area contributed by atoms with E-state index in [9.17, 15) is 18.0 Å². The van der Waals surface area contributed by atoms with Crippen molar-refractivity contribution in [2.24, 2.45) is 5.92 Å². The van der Waals surface area contributed by atoms with Gasteiger partial charge in [-0.2, -0.15) is 17.5 Å². The summed E-state index contributed by atoms with van der Waals surface area (Å²) in [5.41, 5.74) is -3.54. The first-order chi connectivity index (χ1) is 12.8. The van der Waals surface area contributed by atoms with Gasteiger partial charge in [0.1, 0.15) is 5.01 Å². The van der Waals surface area contributed by atoms with Crippen LogP contribution in [0.25, 0.3) is 16.9 Å². The lowest BCUT2D eigenvalue weighted by Gasteiger charge is -2.08. The third-order valence-corrected chi connectivity index (χ3v) is 6.22. The van der Waals surface area contributed by atoms with Crippen LogP contribution < -0.4 is 5.32 Å². The second-order valence-electron chi connectivity index (χ2n) is 6.03. The average molecular weight is 477 g/mol. The van der Waals surface area contributed by atoms with E-state index in [1.54, 1.807) is 24.4 Å². The summed E-state index contributed by atoms with van der Waals surface area (Å²) in [6.45, 7) is 0.228. The van der Waals surface area contributed by atoms with Crippen LogP contribution in [0.1, 0.15) is 17.8 Å². The number of carbonyl (C=O) groups excluding carboxylic acids is 1. The molecule has 1 saturated carbocycles. The van der Waals surface area contributed by atoms with E-state index in [4.69, 9.17) is 0 Å². The number of hydrogen-bond acceptors (Lipinski definition) is 5. The van der Waals surface area contributed by atoms with Gasteiger partial charge in [-0.05, 0) is 58.5 Å². The van der Waals surface area contributed by atoms with Gasteiger partial charge >= 0.3 is 5.51 Å². The number of alkyl halides is 3. The molecule has 1 amide bonds. The van der Waals surface area contributed by atoms with Crippen LogP contribution >= 0.6 is 39.2 Å². The fraction of sp³-hybridized carbons (Fsp3) is 0.312. The zero-order valence-electron chi connectivity index (χ0n) is 13.6. The molecule has 1 fully saturated rings. The van der Waals surface area contributed by atoms with E-state index in [0.29, 0.717) is 20.6 Å². The van der Waals surface area contributed by atoms with Crippen molar-refractivity contribution in [1.82, 2.24) is 19.1 Å². The molecule has 3 heterocycles. The summed E-state index contributed by atoms with van der Waals surface area (Å²) in [7, 11) is 0. The summed E-state index contributed by atoms with van der Waals surface area (Å²) in [5.74, 6) is 0.290. The molecule has 3 aromatic heterocycles. The maximum Gasteiger partial charge on any atom is 0.447 e. The predicted molar refractivity (Wildman–Crippen MR) is 100 cm³/mol. The van der Waals surface area contributed by atoms with E-state index in [2.05, 4.69) is 30.6 Å². The molecule has 1 aliphatic carbocycles. The highest BCUT2D eigenvalue weighted by molar-refractivity contribution is 9.10. The van der Waals surface area contributed by atoms with Gasteiger partial charge in [-0.1, -0.05) is 0 Å². The number of rotatable bonds is 5. The van der Waals surface area contributed by atoms with E-state index in [-0.39, 0.29) is 41.0 Å². The number of carbonyl (C=O) groups is 1. The highest BCUT2D eigenvalue weighted by Gasteiger charge is 2.34. The Bertz CT molecular complexity index is 1010. The summed E-state index contributed by atoms with van der Waals surface area (Å²) < 4.78 is 45.6. The number of nitrogens with one attached hydrogen (secondary N) is 1. The molecule has 0 radical (unpaired) electrons. The highest BCUT2D eigenvalue weighted by atomic mass is 79.9. The summed E-state index contributed by atoms with van der Waals surface area (Å²) in [6.07, 6.45) is 3.37. The summed E-state index contributed by atoms with van der Waals surface area (Å²) in [6, 6.07) is 5.05. The molecule has 4 rings (SSSR count). The zero-order chi connectivity index (χ0) is 19.2. The molecule has 5 nitrogen and oxygen atoms in total. The molecular weight excluding hydrogens is 465 g/mol. The number of halogens is 4. The molecule has 0 bridgehead atoms. The van der Waals surface area contributed by atoms with Crippen molar-refractivity contribution in [3.05, 3.63) is 33.9 Å². The number of hydrogen-bond donors (Lipinski definition) is 1. The molecule has 0 aromatic carbocycles. The van der Waals surface area contributed by atoms with Gasteiger partial charge in [0.25, 0.3) is 0 Å². The minimum absolute atomic E-state index is 0.00478. The Labute approximate surface area is 168 Å². The molecule has 0 unspecified atom stereocenters. The van der Waals surface area contributed by atoms with Gasteiger partial charge in [0.05, 0.1) is 22.7 Å². The molecule has 3 aromatic rings. The van der Waals surface area contributed by atoms with Crippen LogP contribution in [0.15, 0.2) is 33.9 Å². The molecule has 0 saturated heterocycles. The summed E-state index contributed by atoms with van der Waals surface area (Å²) in [5, 5.41) is 3.34. The van der Waals surface area contributed by atoms with Crippen LogP contribution in [-0.4, -0.2) is 25.2 Å². The largest absolute Gasteiger partial charge is 0.447 e. The van der Waals surface area contributed by atoms with Gasteiger partial charge in [0, 0.05) is 28.3 Å². The van der Waals surface area contributed by atoms with Crippen molar-refractivity contribution in [1.29, 1.82) is 0 Å². The first-order valence-corrected chi connectivity index (χ1v) is 10.4. The van der Waals surface area contributed by atoms with Gasteiger partial charge < -0.3 is 9.72 Å². The summed E-state index contributed by atoms with van der Waals surface area (Å²) in [4.78, 5) is 16.1. The van der Waals surface area contributed by atoms with Gasteiger partial charge in [0.15, 0.2) is 5.82 Å². The fourth-order valence-electron chi connectivity index (χ4n) is 2.60. The minimum Gasteiger partial charge on any atom is -0.349 e. The van der Waals surface area contributed by atoms with E-state index in [1.165, 1.54) is 4.40 Å². The third kappa shape index (κ3) is 4.14. The third-order valence-electron chi connectivity index (χ3n) is 4.00. The van der Waals surface area contributed by atoms with E-state index >= 15 is 0 Å². The Morgan fingerprint density at radius 3 is 2.93 bits per heavy atom. The molecule has 1 N–H and O–H groups in total. The molecule has 11 heteroatoms. The normalized spacial score (nSPS) is 14.7. The van der Waals surface area contributed by atoms with Crippen molar-refractivity contribution in [2.45, 2.75) is 29.9 Å². The van der Waals surface area contributed by atoms with E-state index in [1.807, 2.05) is 0 Å². The van der Waals surface area contributed by atoms with Crippen molar-refractivity contribution in [3.63, 3.8) is 0 Å². The van der Waals surface area contributed by atoms with E-state index < -0.39 is 5.51 Å². The Morgan fingerprint density at radius 2 is 2.22 bits per heavy atom. The smallest absolute Gasteiger partial charge is 0.349 e. The fourth-order valence-corrected chi connectivity index (χ4v) is 4.39. The van der Waals surface area contributed by atoms with Crippen molar-refractivity contribution in [3.8, 4) is 11.4 Å². The van der Waals surface area contributed by atoms with Crippen LogP contribution in [0.5, 0.6) is 0 Å². The molecule has 0 atom stereocenters. The maximum absolute atomic E-state index is 13.1. The van der Waals surface area contributed by atoms with Crippen molar-refractivity contribution >= 4 is 50.6 Å². The number of fused-ring (bicyclic) bond motifs is 1. The lowest BCUT2D eigenvalue weighted by molar-refractivity contribution is -0.122. The monoisotopic (exact) mass is 476 g/mol. The Kier molecular flexibility index (Phi) is 4.93. The quantitative estimate of drug-likeness (QED) is 0.534. The van der Waals surface area contributed by atoms with Crippen LogP contribution in [0.2, 0.25) is 0 Å². The van der Waals surface area contributed by atoms with Crippen LogP contribution in [-0.2, 0) is 11.3 Å². The minimum atomic E-state index is -4.44. The average Bonchev–Trinajstić information content (AvgIpc) is 3.25. The first-order valence-electron chi connectivity index (χ1n) is 7.98. The predicted octanol–water partition coefficient (Wildman–Crippen LogP) is 4.86. The maximum atomic E-state index is 13.1. The molecule has 0 aliphatic heterocycles. The van der Waals surface area contributed by atoms with Crippen LogP contribution in [0.4, 0.5) is 13.2 Å². The number of aromatic nitrogens is 3. The van der Waals surface area contributed by atoms with Crippen LogP contribution in [0.3, 0.4) is 0 Å². The molecule has 27 heavy (non-hydrogen) atoms. The number of nitrogens with zero attached hydrogens (tertiary/aromatic N) is 3. The second-order valence-corrected chi connectivity index (χ2v) is 8.77. The first kappa shape index (κ1) is 18.8. The number of pyridine rings is 1. The van der Waals surface area contributed by atoms with Crippen molar-refractivity contribution in [2.75, 3.05) is 0 Å². The molecule has 142 valence electrons. The lowest BCUT2D eigenvalue weighted by atomic mass is 10.3. The Balaban J connectivity index is 1.67. The summed E-state index contributed by atoms with van der Waals surface area (Å²) >= 11 is 4.24. The number of amides is 1. The van der Waals surface area contributed by atoms with Gasteiger partial charge in [-0.3, -0.25) is 4.79 Å². The topological polar surface area (TPSA) is 59.3 Å². The second kappa shape index (κ2) is 7.10. The lowest BCUT2D eigenvalue weighted by Crippen LogP contribution is -2.23. The standard InChI is InChI=1S/C16H12BrF3N4OS2/c17-10-2-1-5-24-11(10)6-9(15(24)26-16(18,19)20)13-22-12(27-23-13)7-21-14(25)8-3-4-8/h1-2,5-6,8H,3-4,7H2,(H,21,25). The van der Waals surface area contributed by atoms with Crippen molar-refractivity contribution < 1.29 is 18.0 Å². The van der Waals surface area contributed by atoms with Gasteiger partial charge in [0.2, 0.25) is 5.91 Å². The Hall–Kier alpha value is -1.59. The number of thioether (sulfide) groups is 1. The van der Waals surface area contributed by atoms with Gasteiger partial charge in [-0.25, -0.2) is 4.98 Å².